The lowest BCUT2D eigenvalue weighted by Crippen LogP contribution is -1.88. The molecule has 0 N–H and O–H groups in total. The van der Waals surface area contributed by atoms with Crippen molar-refractivity contribution < 1.29 is 8.78 Å². The van der Waals surface area contributed by atoms with Crippen LogP contribution in [0, 0.1) is 23.0 Å². The molecule has 0 amide bonds. The largest absolute Gasteiger partial charge is 0.246 e. The van der Waals surface area contributed by atoms with Gasteiger partial charge in [-0.3, -0.25) is 0 Å². The maximum Gasteiger partial charge on any atom is 0.140 e. The molecule has 18 heavy (non-hydrogen) atoms. The molecule has 0 saturated carbocycles. The Morgan fingerprint density at radius 2 is 2.06 bits per heavy atom. The highest BCUT2D eigenvalue weighted by molar-refractivity contribution is 7.98. The third-order valence-corrected chi connectivity index (χ3v) is 3.33. The Bertz CT molecular complexity index is 608. The Morgan fingerprint density at radius 3 is 2.83 bits per heavy atom. The lowest BCUT2D eigenvalue weighted by molar-refractivity contribution is 0.577. The molecule has 0 bridgehead atoms. The van der Waals surface area contributed by atoms with Gasteiger partial charge in [-0.15, -0.1) is 11.8 Å². The molecule has 0 saturated heterocycles. The van der Waals surface area contributed by atoms with Crippen LogP contribution >= 0.6 is 11.8 Å². The van der Waals surface area contributed by atoms with Gasteiger partial charge in [0.2, 0.25) is 0 Å². The predicted molar refractivity (Wildman–Crippen MR) is 64.9 cm³/mol. The number of rotatable bonds is 3. The fraction of sp³-hybridized carbons (Fsp3) is 0.0769. The van der Waals surface area contributed by atoms with Gasteiger partial charge in [-0.1, -0.05) is 0 Å². The van der Waals surface area contributed by atoms with Gasteiger partial charge in [0.15, 0.2) is 0 Å². The second kappa shape index (κ2) is 5.61. The first-order chi connectivity index (χ1) is 8.69. The smallest absolute Gasteiger partial charge is 0.140 e. The molecule has 0 aliphatic carbocycles. The Kier molecular flexibility index (Phi) is 3.90. The maximum absolute atomic E-state index is 13.4. The van der Waals surface area contributed by atoms with E-state index in [0.717, 1.165) is 23.8 Å². The highest BCUT2D eigenvalue weighted by Gasteiger charge is 2.05. The number of nitriles is 1. The quantitative estimate of drug-likeness (QED) is 0.794. The first kappa shape index (κ1) is 12.5. The van der Waals surface area contributed by atoms with Crippen LogP contribution in [-0.2, 0) is 5.75 Å². The molecule has 0 spiro atoms. The average Bonchev–Trinajstić information content (AvgIpc) is 2.40. The molecule has 0 aliphatic rings. The van der Waals surface area contributed by atoms with Crippen LogP contribution in [0.15, 0.2) is 41.4 Å². The van der Waals surface area contributed by atoms with E-state index >= 15 is 0 Å². The summed E-state index contributed by atoms with van der Waals surface area (Å²) in [5.74, 6) is -0.459. The summed E-state index contributed by atoms with van der Waals surface area (Å²) >= 11 is 1.18. The van der Waals surface area contributed by atoms with Crippen molar-refractivity contribution in [1.82, 2.24) is 4.98 Å². The van der Waals surface area contributed by atoms with Gasteiger partial charge in [-0.25, -0.2) is 13.8 Å². The SMILES string of the molecule is N#Cc1cc(CSc2cc(F)ccc2F)ccn1. The number of pyridine rings is 1. The van der Waals surface area contributed by atoms with E-state index in [1.54, 1.807) is 12.1 Å². The monoisotopic (exact) mass is 262 g/mol. The molecule has 1 aromatic carbocycles. The third-order valence-electron chi connectivity index (χ3n) is 2.23. The lowest BCUT2D eigenvalue weighted by atomic mass is 10.2. The molecule has 1 aromatic heterocycles. The van der Waals surface area contributed by atoms with Gasteiger partial charge in [0.05, 0.1) is 0 Å². The summed E-state index contributed by atoms with van der Waals surface area (Å²) in [5, 5.41) is 8.70. The van der Waals surface area contributed by atoms with Crippen LogP contribution in [0.1, 0.15) is 11.3 Å². The summed E-state index contributed by atoms with van der Waals surface area (Å²) < 4.78 is 26.3. The Hall–Kier alpha value is -1.93. The van der Waals surface area contributed by atoms with E-state index < -0.39 is 11.6 Å². The van der Waals surface area contributed by atoms with E-state index in [0.29, 0.717) is 11.4 Å². The molecule has 0 aliphatic heterocycles. The second-order valence-electron chi connectivity index (χ2n) is 3.52. The molecule has 0 fully saturated rings. The van der Waals surface area contributed by atoms with Gasteiger partial charge in [0, 0.05) is 16.8 Å². The molecular weight excluding hydrogens is 254 g/mol. The topological polar surface area (TPSA) is 36.7 Å². The number of benzene rings is 1. The van der Waals surface area contributed by atoms with Crippen LogP contribution in [0.4, 0.5) is 8.78 Å². The summed E-state index contributed by atoms with van der Waals surface area (Å²) in [5.41, 5.74) is 1.16. The third kappa shape index (κ3) is 3.05. The standard InChI is InChI=1S/C13H8F2N2S/c14-10-1-2-12(15)13(6-10)18-8-9-3-4-17-11(5-9)7-16/h1-6H,8H2. The van der Waals surface area contributed by atoms with Gasteiger partial charge < -0.3 is 0 Å². The van der Waals surface area contributed by atoms with Gasteiger partial charge >= 0.3 is 0 Å². The Labute approximate surface area is 107 Å². The van der Waals surface area contributed by atoms with E-state index in [4.69, 9.17) is 5.26 Å². The lowest BCUT2D eigenvalue weighted by Gasteiger charge is -2.03. The molecule has 5 heteroatoms. The van der Waals surface area contributed by atoms with Crippen LogP contribution in [0.5, 0.6) is 0 Å². The van der Waals surface area contributed by atoms with Gasteiger partial charge in [0.1, 0.15) is 23.4 Å². The van der Waals surface area contributed by atoms with E-state index in [1.807, 2.05) is 6.07 Å². The molecule has 2 rings (SSSR count). The molecule has 0 atom stereocenters. The van der Waals surface area contributed by atoms with Gasteiger partial charge in [0.25, 0.3) is 0 Å². The molecule has 2 aromatic rings. The van der Waals surface area contributed by atoms with E-state index in [1.165, 1.54) is 18.0 Å². The zero-order chi connectivity index (χ0) is 13.0. The minimum atomic E-state index is -0.466. The van der Waals surface area contributed by atoms with Crippen LogP contribution in [-0.4, -0.2) is 4.98 Å². The number of aromatic nitrogens is 1. The fourth-order valence-electron chi connectivity index (χ4n) is 1.37. The molecule has 0 unspecified atom stereocenters. The fourth-order valence-corrected chi connectivity index (χ4v) is 2.28. The summed E-state index contributed by atoms with van der Waals surface area (Å²) in [7, 11) is 0. The average molecular weight is 262 g/mol. The first-order valence-corrected chi connectivity index (χ1v) is 6.10. The second-order valence-corrected chi connectivity index (χ2v) is 4.54. The number of nitrogens with zero attached hydrogens (tertiary/aromatic N) is 2. The molecule has 2 nitrogen and oxygen atoms in total. The van der Waals surface area contributed by atoms with Crippen molar-refractivity contribution in [2.24, 2.45) is 0 Å². The maximum atomic E-state index is 13.4. The molecule has 1 heterocycles. The molecule has 0 radical (unpaired) electrons. The van der Waals surface area contributed by atoms with Crippen molar-refractivity contribution in [3.05, 3.63) is 59.4 Å². The zero-order valence-electron chi connectivity index (χ0n) is 9.23. The highest BCUT2D eigenvalue weighted by atomic mass is 32.2. The summed E-state index contributed by atoms with van der Waals surface area (Å²) in [4.78, 5) is 4.10. The number of hydrogen-bond acceptors (Lipinski definition) is 3. The van der Waals surface area contributed by atoms with Gasteiger partial charge in [-0.05, 0) is 35.9 Å². The van der Waals surface area contributed by atoms with Crippen LogP contribution in [0.2, 0.25) is 0 Å². The van der Waals surface area contributed by atoms with E-state index in [2.05, 4.69) is 4.98 Å². The number of hydrogen-bond donors (Lipinski definition) is 0. The first-order valence-electron chi connectivity index (χ1n) is 5.12. The number of halogens is 2. The summed E-state index contributed by atoms with van der Waals surface area (Å²) in [6.07, 6.45) is 1.52. The Morgan fingerprint density at radius 1 is 1.22 bits per heavy atom. The molecule has 90 valence electrons. The highest BCUT2D eigenvalue weighted by Crippen LogP contribution is 2.26. The number of thioether (sulfide) groups is 1. The zero-order valence-corrected chi connectivity index (χ0v) is 10.0. The van der Waals surface area contributed by atoms with Crippen molar-refractivity contribution in [2.75, 3.05) is 0 Å². The van der Waals surface area contributed by atoms with Crippen molar-refractivity contribution in [3.63, 3.8) is 0 Å². The van der Waals surface area contributed by atoms with E-state index in [9.17, 15) is 8.78 Å². The summed E-state index contributed by atoms with van der Waals surface area (Å²) in [6.45, 7) is 0. The normalized spacial score (nSPS) is 10.1. The minimum Gasteiger partial charge on any atom is -0.246 e. The molecular formula is C13H8F2N2S. The van der Waals surface area contributed by atoms with Crippen molar-refractivity contribution in [2.45, 2.75) is 10.6 Å². The summed E-state index contributed by atoms with van der Waals surface area (Å²) in [6, 6.07) is 8.65. The Balaban J connectivity index is 2.11. The van der Waals surface area contributed by atoms with Crippen LogP contribution in [0.25, 0.3) is 0 Å². The van der Waals surface area contributed by atoms with Crippen molar-refractivity contribution in [3.8, 4) is 6.07 Å². The van der Waals surface area contributed by atoms with Crippen molar-refractivity contribution in [1.29, 1.82) is 5.26 Å². The van der Waals surface area contributed by atoms with Crippen LogP contribution in [0.3, 0.4) is 0 Å². The van der Waals surface area contributed by atoms with E-state index in [-0.39, 0.29) is 4.90 Å². The minimum absolute atomic E-state index is 0.255. The predicted octanol–water partition coefficient (Wildman–Crippen LogP) is 3.52. The van der Waals surface area contributed by atoms with Crippen LogP contribution < -0.4 is 0 Å². The van der Waals surface area contributed by atoms with Crippen molar-refractivity contribution >= 4 is 11.8 Å². The van der Waals surface area contributed by atoms with Gasteiger partial charge in [-0.2, -0.15) is 5.26 Å².